The summed E-state index contributed by atoms with van der Waals surface area (Å²) in [6, 6.07) is 4.21. The van der Waals surface area contributed by atoms with Crippen LogP contribution in [-0.4, -0.2) is 37.5 Å². The number of rotatable bonds is 5. The van der Waals surface area contributed by atoms with Crippen molar-refractivity contribution in [3.8, 4) is 5.75 Å². The second-order valence-electron chi connectivity index (χ2n) is 2.89. The van der Waals surface area contributed by atoms with Gasteiger partial charge in [-0.15, -0.1) is 0 Å². The van der Waals surface area contributed by atoms with Gasteiger partial charge in [-0.05, 0) is 0 Å². The molecule has 1 aromatic rings. The first-order valence-electron chi connectivity index (χ1n) is 4.41. The second kappa shape index (κ2) is 5.73. The number of nitro benzene ring substituents is 1. The first-order chi connectivity index (χ1) is 7.15. The van der Waals surface area contributed by atoms with Crippen LogP contribution in [0.25, 0.3) is 0 Å². The summed E-state index contributed by atoms with van der Waals surface area (Å²) in [6.07, 6.45) is 0.665. The van der Waals surface area contributed by atoms with Gasteiger partial charge in [-0.2, -0.15) is 0 Å². The molecule has 1 rings (SSSR count). The Bertz CT molecular complexity index is 356. The molecular formula is C9H11AsNO4. The summed E-state index contributed by atoms with van der Waals surface area (Å²) in [7, 11) is 0. The van der Waals surface area contributed by atoms with Crippen molar-refractivity contribution in [2.45, 2.75) is 11.6 Å². The van der Waals surface area contributed by atoms with Crippen molar-refractivity contribution in [1.82, 2.24) is 0 Å². The Balaban J connectivity index is 2.81. The number of nitrogens with zero attached hydrogens (tertiary/aromatic N) is 1. The number of phenols is 1. The van der Waals surface area contributed by atoms with E-state index in [0.717, 1.165) is 5.21 Å². The number of nitro groups is 1. The second-order valence-corrected chi connectivity index (χ2v) is 5.50. The fourth-order valence-corrected chi connectivity index (χ4v) is 3.22. The van der Waals surface area contributed by atoms with E-state index in [2.05, 4.69) is 0 Å². The molecule has 0 spiro atoms. The molecule has 0 unspecified atom stereocenters. The van der Waals surface area contributed by atoms with E-state index in [-0.39, 0.29) is 33.8 Å². The SMILES string of the molecule is O=[N+]([O-])c1cc(O)ccc1[As]CCCO. The molecule has 0 fully saturated rings. The maximum atomic E-state index is 10.7. The van der Waals surface area contributed by atoms with E-state index in [1.165, 1.54) is 12.1 Å². The Labute approximate surface area is 93.6 Å². The van der Waals surface area contributed by atoms with Gasteiger partial charge in [-0.25, -0.2) is 0 Å². The quantitative estimate of drug-likeness (QED) is 0.352. The summed E-state index contributed by atoms with van der Waals surface area (Å²) in [4.78, 5) is 10.2. The van der Waals surface area contributed by atoms with Gasteiger partial charge in [0.2, 0.25) is 0 Å². The number of phenolic OH excluding ortho intramolecular Hbond substituents is 1. The van der Waals surface area contributed by atoms with E-state index in [0.29, 0.717) is 10.8 Å². The first-order valence-corrected chi connectivity index (χ1v) is 6.67. The van der Waals surface area contributed by atoms with Gasteiger partial charge in [0, 0.05) is 0 Å². The van der Waals surface area contributed by atoms with Gasteiger partial charge in [-0.1, -0.05) is 0 Å². The van der Waals surface area contributed by atoms with Crippen LogP contribution in [0.15, 0.2) is 18.2 Å². The fourth-order valence-electron chi connectivity index (χ4n) is 1.06. The molecular weight excluding hydrogens is 261 g/mol. The van der Waals surface area contributed by atoms with Crippen LogP contribution in [0.5, 0.6) is 5.75 Å². The molecule has 2 N–H and O–H groups in total. The number of aliphatic hydroxyl groups excluding tert-OH is 1. The van der Waals surface area contributed by atoms with E-state index < -0.39 is 4.92 Å². The van der Waals surface area contributed by atoms with Gasteiger partial charge in [0.05, 0.1) is 0 Å². The van der Waals surface area contributed by atoms with Crippen molar-refractivity contribution in [1.29, 1.82) is 0 Å². The first kappa shape index (κ1) is 12.0. The van der Waals surface area contributed by atoms with Crippen LogP contribution in [0.1, 0.15) is 6.42 Å². The molecule has 0 aliphatic carbocycles. The molecule has 0 saturated carbocycles. The minimum absolute atomic E-state index is 0.0204. The molecule has 0 heterocycles. The third kappa shape index (κ3) is 3.53. The summed E-state index contributed by atoms with van der Waals surface area (Å²) >= 11 is -0.313. The van der Waals surface area contributed by atoms with Crippen LogP contribution in [0.3, 0.4) is 0 Å². The van der Waals surface area contributed by atoms with Crippen LogP contribution >= 0.6 is 0 Å². The van der Waals surface area contributed by atoms with Gasteiger partial charge < -0.3 is 0 Å². The van der Waals surface area contributed by atoms with Gasteiger partial charge >= 0.3 is 93.2 Å². The number of hydrogen-bond acceptors (Lipinski definition) is 4. The molecule has 0 atom stereocenters. The molecule has 1 aromatic carbocycles. The predicted octanol–water partition coefficient (Wildman–Crippen LogP) is 0.431. The van der Waals surface area contributed by atoms with Crippen LogP contribution < -0.4 is 4.35 Å². The van der Waals surface area contributed by atoms with Gasteiger partial charge in [0.25, 0.3) is 0 Å². The zero-order chi connectivity index (χ0) is 11.3. The van der Waals surface area contributed by atoms with Crippen molar-refractivity contribution >= 4 is 25.8 Å². The third-order valence-corrected chi connectivity index (χ3v) is 4.39. The molecule has 0 bridgehead atoms. The third-order valence-electron chi connectivity index (χ3n) is 1.75. The summed E-state index contributed by atoms with van der Waals surface area (Å²) in [5, 5.41) is 29.2. The van der Waals surface area contributed by atoms with Gasteiger partial charge in [0.1, 0.15) is 0 Å². The number of benzene rings is 1. The molecule has 1 radical (unpaired) electrons. The van der Waals surface area contributed by atoms with Crippen molar-refractivity contribution in [3.05, 3.63) is 28.3 Å². The van der Waals surface area contributed by atoms with E-state index in [9.17, 15) is 10.1 Å². The van der Waals surface area contributed by atoms with Crippen molar-refractivity contribution < 1.29 is 15.1 Å². The average Bonchev–Trinajstić information content (AvgIpc) is 2.20. The summed E-state index contributed by atoms with van der Waals surface area (Å²) in [6.45, 7) is 0.113. The Morgan fingerprint density at radius 1 is 1.47 bits per heavy atom. The molecule has 0 amide bonds. The molecule has 81 valence electrons. The zero-order valence-electron chi connectivity index (χ0n) is 7.96. The summed E-state index contributed by atoms with van der Waals surface area (Å²) in [5.41, 5.74) is -0.0204. The zero-order valence-corrected chi connectivity index (χ0v) is 9.84. The Hall–Kier alpha value is -1.06. The molecule has 5 nitrogen and oxygen atoms in total. The van der Waals surface area contributed by atoms with E-state index in [1.54, 1.807) is 6.07 Å². The van der Waals surface area contributed by atoms with E-state index >= 15 is 0 Å². The number of aromatic hydroxyl groups is 1. The van der Waals surface area contributed by atoms with Crippen LogP contribution in [0.2, 0.25) is 5.21 Å². The number of aliphatic hydroxyl groups is 1. The summed E-state index contributed by atoms with van der Waals surface area (Å²) < 4.78 is 0.683. The van der Waals surface area contributed by atoms with Crippen molar-refractivity contribution in [2.75, 3.05) is 6.61 Å². The molecule has 15 heavy (non-hydrogen) atoms. The Morgan fingerprint density at radius 3 is 2.80 bits per heavy atom. The Morgan fingerprint density at radius 2 is 2.20 bits per heavy atom. The molecule has 6 heteroatoms. The topological polar surface area (TPSA) is 83.6 Å². The van der Waals surface area contributed by atoms with Crippen LogP contribution in [0.4, 0.5) is 5.69 Å². The molecule has 0 aliphatic rings. The standard InChI is InChI=1S/C9H11AsNO4/c12-5-1-4-10-8-3-2-7(13)6-9(8)11(14)15/h2-3,6,12-13H,1,4-5H2. The molecule has 0 saturated heterocycles. The van der Waals surface area contributed by atoms with Crippen LogP contribution in [-0.2, 0) is 0 Å². The normalized spacial score (nSPS) is 11.0. The minimum atomic E-state index is -0.483. The van der Waals surface area contributed by atoms with Gasteiger partial charge in [0.15, 0.2) is 0 Å². The fraction of sp³-hybridized carbons (Fsp3) is 0.333. The number of hydrogen-bond donors (Lipinski definition) is 2. The Kier molecular flexibility index (Phi) is 4.59. The van der Waals surface area contributed by atoms with E-state index in [4.69, 9.17) is 10.2 Å². The summed E-state index contributed by atoms with van der Waals surface area (Å²) in [5.74, 6) is -0.0891. The van der Waals surface area contributed by atoms with Crippen molar-refractivity contribution in [3.63, 3.8) is 0 Å². The molecule has 0 aliphatic heterocycles. The monoisotopic (exact) mass is 272 g/mol. The van der Waals surface area contributed by atoms with Gasteiger partial charge in [-0.3, -0.25) is 0 Å². The molecule has 0 aromatic heterocycles. The van der Waals surface area contributed by atoms with Crippen LogP contribution in [0, 0.1) is 10.1 Å². The maximum absolute atomic E-state index is 10.7. The van der Waals surface area contributed by atoms with Crippen molar-refractivity contribution in [2.24, 2.45) is 0 Å². The predicted molar refractivity (Wildman–Crippen MR) is 56.7 cm³/mol. The van der Waals surface area contributed by atoms with E-state index in [1.807, 2.05) is 0 Å². The average molecular weight is 272 g/mol.